The van der Waals surface area contributed by atoms with Gasteiger partial charge in [-0.25, -0.2) is 13.1 Å². The molecule has 0 bridgehead atoms. The average molecular weight is 390 g/mol. The molecule has 2 N–H and O–H groups in total. The van der Waals surface area contributed by atoms with Crippen LogP contribution < -0.4 is 10.0 Å². The van der Waals surface area contributed by atoms with Crippen LogP contribution in [0.15, 0.2) is 39.3 Å². The molecular weight excluding hydrogens is 374 g/mol. The van der Waals surface area contributed by atoms with Crippen LogP contribution in [0.25, 0.3) is 0 Å². The molecule has 8 heteroatoms. The van der Waals surface area contributed by atoms with Crippen LogP contribution in [0.3, 0.4) is 0 Å². The lowest BCUT2D eigenvalue weighted by Gasteiger charge is -2.05. The molecule has 0 atom stereocenters. The first-order valence-electron chi connectivity index (χ1n) is 6.34. The predicted molar refractivity (Wildman–Crippen MR) is 87.9 cm³/mol. The van der Waals surface area contributed by atoms with Crippen molar-refractivity contribution in [3.63, 3.8) is 0 Å². The normalized spacial score (nSPS) is 11.7. The van der Waals surface area contributed by atoms with Gasteiger partial charge in [-0.1, -0.05) is 6.07 Å². The van der Waals surface area contributed by atoms with E-state index < -0.39 is 10.0 Å². The van der Waals surface area contributed by atoms with E-state index >= 15 is 0 Å². The first-order valence-corrected chi connectivity index (χ1v) is 9.43. The number of rotatable bonds is 7. The maximum atomic E-state index is 12.3. The van der Waals surface area contributed by atoms with Gasteiger partial charge in [-0.2, -0.15) is 0 Å². The summed E-state index contributed by atoms with van der Waals surface area (Å²) in [6.45, 7) is 0.992. The van der Waals surface area contributed by atoms with Crippen molar-refractivity contribution in [2.75, 3.05) is 13.6 Å². The molecule has 2 heterocycles. The van der Waals surface area contributed by atoms with E-state index in [0.29, 0.717) is 28.2 Å². The lowest BCUT2D eigenvalue weighted by atomic mass is 10.2. The van der Waals surface area contributed by atoms with Gasteiger partial charge >= 0.3 is 0 Å². The number of nitrogens with zero attached hydrogens (tertiary/aromatic N) is 1. The van der Waals surface area contributed by atoms with Crippen molar-refractivity contribution in [1.29, 1.82) is 0 Å². The molecule has 0 aliphatic heterocycles. The summed E-state index contributed by atoms with van der Waals surface area (Å²) in [5.74, 6) is 0. The van der Waals surface area contributed by atoms with Crippen LogP contribution in [0.1, 0.15) is 10.4 Å². The monoisotopic (exact) mass is 389 g/mol. The highest BCUT2D eigenvalue weighted by Gasteiger charge is 2.20. The van der Waals surface area contributed by atoms with E-state index in [1.165, 1.54) is 11.3 Å². The topological polar surface area (TPSA) is 71.1 Å². The van der Waals surface area contributed by atoms with Gasteiger partial charge in [0.1, 0.15) is 4.90 Å². The van der Waals surface area contributed by atoms with Crippen molar-refractivity contribution in [3.05, 3.63) is 44.8 Å². The average Bonchev–Trinajstić information content (AvgIpc) is 2.82. The first-order chi connectivity index (χ1) is 10.0. The van der Waals surface area contributed by atoms with Crippen LogP contribution in [0.2, 0.25) is 0 Å². The van der Waals surface area contributed by atoms with Crippen molar-refractivity contribution in [2.45, 2.75) is 17.9 Å². The Bertz CT molecular complexity index is 687. The van der Waals surface area contributed by atoms with Crippen molar-refractivity contribution < 1.29 is 8.42 Å². The van der Waals surface area contributed by atoms with Crippen LogP contribution in [-0.4, -0.2) is 27.0 Å². The van der Waals surface area contributed by atoms with Gasteiger partial charge in [0.05, 0.1) is 3.79 Å². The van der Waals surface area contributed by atoms with E-state index in [4.69, 9.17) is 0 Å². The number of sulfonamides is 1. The zero-order chi connectivity index (χ0) is 15.3. The van der Waals surface area contributed by atoms with Crippen LogP contribution in [0.4, 0.5) is 0 Å². The van der Waals surface area contributed by atoms with Gasteiger partial charge in [-0.3, -0.25) is 4.98 Å². The Morgan fingerprint density at radius 3 is 2.90 bits per heavy atom. The highest BCUT2D eigenvalue weighted by Crippen LogP contribution is 2.31. The van der Waals surface area contributed by atoms with Crippen LogP contribution in [0.5, 0.6) is 0 Å². The second-order valence-electron chi connectivity index (χ2n) is 4.39. The molecule has 0 aromatic carbocycles. The summed E-state index contributed by atoms with van der Waals surface area (Å²) in [4.78, 5) is 5.27. The minimum atomic E-state index is -3.49. The molecule has 0 spiro atoms. The second-order valence-corrected chi connectivity index (χ2v) is 8.58. The molecular formula is C13H16BrN3O2S2. The highest BCUT2D eigenvalue weighted by atomic mass is 79.9. The zero-order valence-electron chi connectivity index (χ0n) is 11.5. The summed E-state index contributed by atoms with van der Waals surface area (Å²) in [6.07, 6.45) is 4.04. The first kappa shape index (κ1) is 16.6. The van der Waals surface area contributed by atoms with Gasteiger partial charge in [0.25, 0.3) is 0 Å². The molecule has 2 aromatic heterocycles. The number of pyridine rings is 1. The minimum Gasteiger partial charge on any atom is -0.315 e. The van der Waals surface area contributed by atoms with Crippen LogP contribution in [0, 0.1) is 0 Å². The maximum absolute atomic E-state index is 12.3. The van der Waals surface area contributed by atoms with Gasteiger partial charge in [-0.15, -0.1) is 11.3 Å². The smallest absolute Gasteiger partial charge is 0.242 e. The molecule has 0 unspecified atom stereocenters. The van der Waals surface area contributed by atoms with Crippen molar-refractivity contribution >= 4 is 37.3 Å². The van der Waals surface area contributed by atoms with E-state index in [1.807, 2.05) is 19.2 Å². The van der Waals surface area contributed by atoms with Crippen molar-refractivity contribution in [2.24, 2.45) is 0 Å². The van der Waals surface area contributed by atoms with Crippen LogP contribution >= 0.6 is 27.3 Å². The fraction of sp³-hybridized carbons (Fsp3) is 0.308. The van der Waals surface area contributed by atoms with E-state index in [1.54, 1.807) is 18.5 Å². The Labute approximate surface area is 137 Å². The molecule has 0 radical (unpaired) electrons. The van der Waals surface area contributed by atoms with Crippen molar-refractivity contribution in [3.8, 4) is 0 Å². The Kier molecular flexibility index (Phi) is 5.88. The summed E-state index contributed by atoms with van der Waals surface area (Å²) in [7, 11) is -1.67. The van der Waals surface area contributed by atoms with Gasteiger partial charge in [-0.05, 0) is 47.1 Å². The van der Waals surface area contributed by atoms with Crippen molar-refractivity contribution in [1.82, 2.24) is 15.0 Å². The number of nitrogens with one attached hydrogen (secondary N) is 2. The molecule has 0 saturated heterocycles. The van der Waals surface area contributed by atoms with E-state index in [9.17, 15) is 8.42 Å². The summed E-state index contributed by atoms with van der Waals surface area (Å²) in [6, 6.07) is 5.45. The number of hydrogen-bond donors (Lipinski definition) is 2. The number of halogens is 1. The fourth-order valence-corrected chi connectivity index (χ4v) is 5.52. The summed E-state index contributed by atoms with van der Waals surface area (Å²) < 4.78 is 27.8. The Hall–Kier alpha value is -0.800. The molecule has 0 amide bonds. The molecule has 0 aliphatic rings. The second kappa shape index (κ2) is 7.46. The lowest BCUT2D eigenvalue weighted by molar-refractivity contribution is 0.581. The largest absolute Gasteiger partial charge is 0.315 e. The summed E-state index contributed by atoms with van der Waals surface area (Å²) >= 11 is 4.74. The molecule has 0 fully saturated rings. The van der Waals surface area contributed by atoms with E-state index in [-0.39, 0.29) is 0 Å². The SMILES string of the molecule is CNCc1cc(S(=O)(=O)NCCc2cccnc2)c(Br)s1. The predicted octanol–water partition coefficient (Wildman–Crippen LogP) is 2.15. The number of aromatic nitrogens is 1. The van der Waals surface area contributed by atoms with Gasteiger partial charge < -0.3 is 5.32 Å². The Morgan fingerprint density at radius 2 is 2.24 bits per heavy atom. The van der Waals surface area contributed by atoms with E-state index in [2.05, 4.69) is 31.0 Å². The van der Waals surface area contributed by atoms with Crippen LogP contribution in [-0.2, 0) is 23.0 Å². The van der Waals surface area contributed by atoms with Gasteiger partial charge in [0, 0.05) is 30.4 Å². The van der Waals surface area contributed by atoms with E-state index in [0.717, 1.165) is 10.4 Å². The molecule has 2 aromatic rings. The third kappa shape index (κ3) is 4.58. The zero-order valence-corrected chi connectivity index (χ0v) is 14.7. The number of hydrogen-bond acceptors (Lipinski definition) is 5. The van der Waals surface area contributed by atoms with Gasteiger partial charge in [0.15, 0.2) is 0 Å². The third-order valence-electron chi connectivity index (χ3n) is 2.78. The summed E-state index contributed by atoms with van der Waals surface area (Å²) in [5, 5.41) is 3.01. The molecule has 2 rings (SSSR count). The maximum Gasteiger partial charge on any atom is 0.242 e. The molecule has 5 nitrogen and oxygen atoms in total. The standard InChI is InChI=1S/C13H16BrN3O2S2/c1-15-9-11-7-12(13(14)20-11)21(18,19)17-6-4-10-3-2-5-16-8-10/h2-3,5,7-8,15,17H,4,6,9H2,1H3. The molecule has 0 saturated carbocycles. The lowest BCUT2D eigenvalue weighted by Crippen LogP contribution is -2.26. The molecule has 0 aliphatic carbocycles. The van der Waals surface area contributed by atoms with Gasteiger partial charge in [0.2, 0.25) is 10.0 Å². The quantitative estimate of drug-likeness (QED) is 0.760. The highest BCUT2D eigenvalue weighted by molar-refractivity contribution is 9.11. The Morgan fingerprint density at radius 1 is 1.43 bits per heavy atom. The third-order valence-corrected chi connectivity index (χ3v) is 6.49. The summed E-state index contributed by atoms with van der Waals surface area (Å²) in [5.41, 5.74) is 1.00. The molecule has 114 valence electrons. The minimum absolute atomic E-state index is 0.295. The Balaban J connectivity index is 2.01. The fourth-order valence-electron chi connectivity index (χ4n) is 1.80. The number of thiophene rings is 1. The molecule has 21 heavy (non-hydrogen) atoms.